The molecule has 0 amide bonds. The zero-order chi connectivity index (χ0) is 9.84. The van der Waals surface area contributed by atoms with Crippen LogP contribution in [0.15, 0.2) is 18.3 Å². The molecule has 0 radical (unpaired) electrons. The third kappa shape index (κ3) is 2.08. The Kier molecular flexibility index (Phi) is 3.07. The average molecular weight is 176 g/mol. The number of aromatic amines is 1. The third-order valence-corrected chi connectivity index (χ3v) is 1.74. The molecule has 0 fully saturated rings. The van der Waals surface area contributed by atoms with Crippen molar-refractivity contribution < 1.29 is 0 Å². The van der Waals surface area contributed by atoms with Crippen LogP contribution in [-0.2, 0) is 0 Å². The van der Waals surface area contributed by atoms with Crippen molar-refractivity contribution in [1.29, 1.82) is 0 Å². The lowest BCUT2D eigenvalue weighted by Crippen LogP contribution is -1.76. The highest BCUT2D eigenvalue weighted by Gasteiger charge is 1.96. The van der Waals surface area contributed by atoms with Crippen molar-refractivity contribution in [3.63, 3.8) is 0 Å². The maximum Gasteiger partial charge on any atom is 0.0881 e. The van der Waals surface area contributed by atoms with E-state index in [1.54, 1.807) is 0 Å². The quantitative estimate of drug-likeness (QED) is 0.656. The van der Waals surface area contributed by atoms with Crippen LogP contribution in [0.4, 0.5) is 0 Å². The summed E-state index contributed by atoms with van der Waals surface area (Å²) < 4.78 is 0. The van der Waals surface area contributed by atoms with Crippen LogP contribution < -0.4 is 0 Å². The number of pyridine rings is 1. The first-order valence-corrected chi connectivity index (χ1v) is 4.68. The van der Waals surface area contributed by atoms with Gasteiger partial charge in [0.2, 0.25) is 0 Å². The van der Waals surface area contributed by atoms with E-state index in [4.69, 9.17) is 0 Å². The number of nitrogens with one attached hydrogen (secondary N) is 1. The Hall–Kier alpha value is -1.31. The number of aromatic nitrogens is 2. The average Bonchev–Trinajstić information content (AvgIpc) is 2.48. The number of hydrogen-bond acceptors (Lipinski definition) is 1. The van der Waals surface area contributed by atoms with Crippen LogP contribution in [0.3, 0.4) is 0 Å². The molecule has 0 atom stereocenters. The summed E-state index contributed by atoms with van der Waals surface area (Å²) in [5.74, 6) is 0. The fourth-order valence-electron chi connectivity index (χ4n) is 1.25. The van der Waals surface area contributed by atoms with Crippen molar-refractivity contribution in [2.45, 2.75) is 27.7 Å². The second-order valence-corrected chi connectivity index (χ2v) is 2.90. The van der Waals surface area contributed by atoms with E-state index in [9.17, 15) is 0 Å². The smallest absolute Gasteiger partial charge is 0.0881 e. The van der Waals surface area contributed by atoms with Crippen LogP contribution in [-0.4, -0.2) is 9.97 Å². The van der Waals surface area contributed by atoms with Gasteiger partial charge in [-0.1, -0.05) is 13.8 Å². The zero-order valence-corrected chi connectivity index (χ0v) is 8.68. The molecule has 70 valence electrons. The molecule has 0 unspecified atom stereocenters. The maximum absolute atomic E-state index is 4.27. The Morgan fingerprint density at radius 3 is 2.54 bits per heavy atom. The van der Waals surface area contributed by atoms with E-state index in [0.29, 0.717) is 0 Å². The number of rotatable bonds is 0. The monoisotopic (exact) mass is 176 g/mol. The van der Waals surface area contributed by atoms with E-state index in [1.165, 1.54) is 5.56 Å². The molecule has 0 saturated carbocycles. The molecule has 0 aliphatic heterocycles. The minimum absolute atomic E-state index is 1.05. The molecule has 0 aromatic carbocycles. The SMILES string of the molecule is CC.Cc1cnc2cc(C)[nH]c2c1. The number of H-pyrrole nitrogens is 1. The molecule has 0 aliphatic carbocycles. The van der Waals surface area contributed by atoms with Gasteiger partial charge in [-0.05, 0) is 31.5 Å². The van der Waals surface area contributed by atoms with E-state index < -0.39 is 0 Å². The molecule has 2 aromatic heterocycles. The molecule has 13 heavy (non-hydrogen) atoms. The van der Waals surface area contributed by atoms with E-state index in [0.717, 1.165) is 16.7 Å². The van der Waals surface area contributed by atoms with Crippen LogP contribution in [0.1, 0.15) is 25.1 Å². The molecule has 2 nitrogen and oxygen atoms in total. The summed E-state index contributed by atoms with van der Waals surface area (Å²) in [6.45, 7) is 8.08. The number of nitrogens with zero attached hydrogens (tertiary/aromatic N) is 1. The van der Waals surface area contributed by atoms with Gasteiger partial charge in [0.1, 0.15) is 0 Å². The van der Waals surface area contributed by atoms with E-state index in [1.807, 2.05) is 33.9 Å². The molecule has 2 heteroatoms. The Morgan fingerprint density at radius 2 is 1.85 bits per heavy atom. The second kappa shape index (κ2) is 4.08. The lowest BCUT2D eigenvalue weighted by molar-refractivity contribution is 1.29. The van der Waals surface area contributed by atoms with Crippen LogP contribution in [0.2, 0.25) is 0 Å². The van der Waals surface area contributed by atoms with Crippen molar-refractivity contribution in [3.05, 3.63) is 29.6 Å². The third-order valence-electron chi connectivity index (χ3n) is 1.74. The molecule has 2 heterocycles. The minimum Gasteiger partial charge on any atom is -0.357 e. The van der Waals surface area contributed by atoms with Gasteiger partial charge >= 0.3 is 0 Å². The van der Waals surface area contributed by atoms with Crippen LogP contribution in [0.25, 0.3) is 11.0 Å². The maximum atomic E-state index is 4.27. The first kappa shape index (κ1) is 9.78. The summed E-state index contributed by atoms with van der Waals surface area (Å²) >= 11 is 0. The normalized spacial score (nSPS) is 9.54. The number of fused-ring (bicyclic) bond motifs is 1. The molecule has 0 aliphatic rings. The fraction of sp³-hybridized carbons (Fsp3) is 0.364. The van der Waals surface area contributed by atoms with Gasteiger partial charge in [-0.25, -0.2) is 0 Å². The van der Waals surface area contributed by atoms with Crippen molar-refractivity contribution in [2.75, 3.05) is 0 Å². The second-order valence-electron chi connectivity index (χ2n) is 2.90. The Bertz CT molecular complexity index is 388. The van der Waals surface area contributed by atoms with E-state index in [2.05, 4.69) is 22.1 Å². The molecule has 2 aromatic rings. The van der Waals surface area contributed by atoms with Gasteiger partial charge in [0.15, 0.2) is 0 Å². The predicted octanol–water partition coefficient (Wildman–Crippen LogP) is 3.21. The molecular weight excluding hydrogens is 160 g/mol. The summed E-state index contributed by atoms with van der Waals surface area (Å²) in [7, 11) is 0. The summed E-state index contributed by atoms with van der Waals surface area (Å²) in [5.41, 5.74) is 4.54. The predicted molar refractivity (Wildman–Crippen MR) is 56.9 cm³/mol. The molecule has 0 spiro atoms. The van der Waals surface area contributed by atoms with Gasteiger partial charge in [-0.2, -0.15) is 0 Å². The standard InChI is InChI=1S/C9H10N2.C2H6/c1-6-3-9-8(10-5-6)4-7(2)11-9;1-2/h3-5,11H,1-2H3;1-2H3. The van der Waals surface area contributed by atoms with Crippen LogP contribution >= 0.6 is 0 Å². The number of hydrogen-bond donors (Lipinski definition) is 1. The molecule has 0 bridgehead atoms. The molecule has 0 saturated heterocycles. The highest BCUT2D eigenvalue weighted by atomic mass is 14.8. The summed E-state index contributed by atoms with van der Waals surface area (Å²) in [6.07, 6.45) is 1.88. The van der Waals surface area contributed by atoms with Gasteiger partial charge in [0.25, 0.3) is 0 Å². The highest BCUT2D eigenvalue weighted by Crippen LogP contribution is 2.12. The zero-order valence-electron chi connectivity index (χ0n) is 8.68. The summed E-state index contributed by atoms with van der Waals surface area (Å²) in [6, 6.07) is 4.16. The number of aryl methyl sites for hydroxylation is 2. The van der Waals surface area contributed by atoms with Gasteiger partial charge < -0.3 is 4.98 Å². The lowest BCUT2D eigenvalue weighted by Gasteiger charge is -1.89. The van der Waals surface area contributed by atoms with Crippen molar-refractivity contribution in [1.82, 2.24) is 9.97 Å². The van der Waals surface area contributed by atoms with Crippen molar-refractivity contribution in [3.8, 4) is 0 Å². The Balaban J connectivity index is 0.000000396. The topological polar surface area (TPSA) is 28.7 Å². The van der Waals surface area contributed by atoms with Crippen LogP contribution in [0, 0.1) is 13.8 Å². The first-order chi connectivity index (χ1) is 6.25. The Labute approximate surface area is 79.0 Å². The first-order valence-electron chi connectivity index (χ1n) is 4.68. The summed E-state index contributed by atoms with van der Waals surface area (Å²) in [4.78, 5) is 7.51. The fourth-order valence-corrected chi connectivity index (χ4v) is 1.25. The molecular formula is C11H16N2. The van der Waals surface area contributed by atoms with Gasteiger partial charge in [0.05, 0.1) is 11.0 Å². The minimum atomic E-state index is 1.05. The van der Waals surface area contributed by atoms with Gasteiger partial charge in [-0.3, -0.25) is 4.98 Å². The highest BCUT2D eigenvalue weighted by molar-refractivity contribution is 5.76. The van der Waals surface area contributed by atoms with E-state index in [-0.39, 0.29) is 0 Å². The van der Waals surface area contributed by atoms with Gasteiger partial charge in [-0.15, -0.1) is 0 Å². The lowest BCUT2D eigenvalue weighted by atomic mass is 10.3. The Morgan fingerprint density at radius 1 is 1.15 bits per heavy atom. The largest absolute Gasteiger partial charge is 0.357 e. The molecule has 2 rings (SSSR count). The van der Waals surface area contributed by atoms with Crippen molar-refractivity contribution in [2.24, 2.45) is 0 Å². The van der Waals surface area contributed by atoms with E-state index >= 15 is 0 Å². The van der Waals surface area contributed by atoms with Crippen molar-refractivity contribution >= 4 is 11.0 Å². The van der Waals surface area contributed by atoms with Gasteiger partial charge in [0, 0.05) is 11.9 Å². The molecule has 1 N–H and O–H groups in total. The summed E-state index contributed by atoms with van der Waals surface area (Å²) in [5, 5.41) is 0. The van der Waals surface area contributed by atoms with Crippen LogP contribution in [0.5, 0.6) is 0 Å².